The fourth-order valence-corrected chi connectivity index (χ4v) is 4.99. The molecule has 1 heterocycles. The summed E-state index contributed by atoms with van der Waals surface area (Å²) in [7, 11) is -0.276. The van der Waals surface area contributed by atoms with Gasteiger partial charge in [0.2, 0.25) is 0 Å². The lowest BCUT2D eigenvalue weighted by Gasteiger charge is -2.19. The van der Waals surface area contributed by atoms with Crippen LogP contribution in [0.1, 0.15) is 46.0 Å². The molecule has 1 aliphatic heterocycles. The van der Waals surface area contributed by atoms with E-state index in [1.165, 1.54) is 38.1 Å². The number of rotatable bonds is 8. The summed E-state index contributed by atoms with van der Waals surface area (Å²) >= 11 is 0. The van der Waals surface area contributed by atoms with E-state index in [-0.39, 0.29) is 15.4 Å². The molecular weight excluding hydrogens is 232 g/mol. The fraction of sp³-hybridized carbons (Fsp3) is 1.00. The van der Waals surface area contributed by atoms with Crippen LogP contribution in [0.15, 0.2) is 0 Å². The highest BCUT2D eigenvalue weighted by Crippen LogP contribution is 2.50. The Labute approximate surface area is 107 Å². The predicted molar refractivity (Wildman–Crippen MR) is 71.1 cm³/mol. The first-order valence-electron chi connectivity index (χ1n) is 7.22. The summed E-state index contributed by atoms with van der Waals surface area (Å²) in [6.45, 7) is 5.62. The highest BCUT2D eigenvalue weighted by molar-refractivity contribution is 6.36. The minimum absolute atomic E-state index is 0.127. The van der Waals surface area contributed by atoms with E-state index in [4.69, 9.17) is 14.2 Å². The van der Waals surface area contributed by atoms with Crippen molar-refractivity contribution in [3.8, 4) is 0 Å². The van der Waals surface area contributed by atoms with Crippen LogP contribution in [0.2, 0.25) is 6.04 Å². The molecule has 17 heavy (non-hydrogen) atoms. The summed E-state index contributed by atoms with van der Waals surface area (Å²) in [5.41, 5.74) is 0.300. The monoisotopic (exact) mass is 258 g/mol. The zero-order chi connectivity index (χ0) is 12.1. The summed E-state index contributed by atoms with van der Waals surface area (Å²) in [6.07, 6.45) is 7.16. The maximum absolute atomic E-state index is 5.91. The Balaban J connectivity index is 1.64. The van der Waals surface area contributed by atoms with Crippen molar-refractivity contribution in [2.24, 2.45) is 0 Å². The highest BCUT2D eigenvalue weighted by atomic mass is 28.2. The van der Waals surface area contributed by atoms with Gasteiger partial charge in [0.15, 0.2) is 0 Å². The Morgan fingerprint density at radius 3 is 2.71 bits per heavy atom. The lowest BCUT2D eigenvalue weighted by atomic mass is 9.87. The van der Waals surface area contributed by atoms with Gasteiger partial charge >= 0.3 is 0 Å². The Kier molecular flexibility index (Phi) is 5.03. The molecule has 0 N–H and O–H groups in total. The van der Waals surface area contributed by atoms with Crippen LogP contribution in [0.4, 0.5) is 0 Å². The standard InChI is InChI=1S/C13H26O3Si/c1-3-14-12(15-4-2)17-10-9-13-8-6-5-7-11(13)16-13/h11-12H,3-10,17H2,1-2H3. The average Bonchev–Trinajstić information content (AvgIpc) is 3.04. The van der Waals surface area contributed by atoms with Crippen molar-refractivity contribution < 1.29 is 14.2 Å². The molecule has 2 atom stereocenters. The number of fused-ring (bicyclic) bond motifs is 1. The van der Waals surface area contributed by atoms with E-state index in [1.54, 1.807) is 0 Å². The van der Waals surface area contributed by atoms with Crippen LogP contribution >= 0.6 is 0 Å². The van der Waals surface area contributed by atoms with Crippen molar-refractivity contribution in [2.75, 3.05) is 13.2 Å². The Hall–Kier alpha value is 0.0969. The Morgan fingerprint density at radius 2 is 2.06 bits per heavy atom. The van der Waals surface area contributed by atoms with E-state index in [9.17, 15) is 0 Å². The van der Waals surface area contributed by atoms with E-state index >= 15 is 0 Å². The third kappa shape index (κ3) is 3.53. The first-order chi connectivity index (χ1) is 8.30. The normalized spacial score (nSPS) is 32.3. The van der Waals surface area contributed by atoms with Crippen LogP contribution < -0.4 is 0 Å². The molecule has 2 rings (SSSR count). The molecule has 0 aromatic heterocycles. The van der Waals surface area contributed by atoms with Gasteiger partial charge in [0.1, 0.15) is 5.91 Å². The van der Waals surface area contributed by atoms with E-state index in [2.05, 4.69) is 0 Å². The van der Waals surface area contributed by atoms with Crippen molar-refractivity contribution in [1.82, 2.24) is 0 Å². The smallest absolute Gasteiger partial charge is 0.134 e. The molecule has 2 aliphatic rings. The SMILES string of the molecule is CCOC(OCC)[SiH2]CCC12CCCCC1O2. The molecule has 1 saturated carbocycles. The quantitative estimate of drug-likeness (QED) is 0.379. The van der Waals surface area contributed by atoms with Gasteiger partial charge in [-0.3, -0.25) is 0 Å². The van der Waals surface area contributed by atoms with Crippen LogP contribution in [-0.4, -0.2) is 40.4 Å². The summed E-state index contributed by atoms with van der Waals surface area (Å²) < 4.78 is 17.1. The van der Waals surface area contributed by atoms with Gasteiger partial charge in [-0.05, 0) is 33.1 Å². The van der Waals surface area contributed by atoms with Gasteiger partial charge in [0.25, 0.3) is 0 Å². The first kappa shape index (κ1) is 13.5. The molecule has 0 spiro atoms. The summed E-state index contributed by atoms with van der Waals surface area (Å²) in [4.78, 5) is 0. The molecule has 0 aromatic carbocycles. The number of epoxide rings is 1. The largest absolute Gasteiger partial charge is 0.366 e. The second-order valence-electron chi connectivity index (χ2n) is 5.15. The van der Waals surface area contributed by atoms with Gasteiger partial charge in [-0.1, -0.05) is 18.9 Å². The van der Waals surface area contributed by atoms with E-state index in [0.717, 1.165) is 13.2 Å². The molecule has 3 nitrogen and oxygen atoms in total. The summed E-state index contributed by atoms with van der Waals surface area (Å²) in [6, 6.07) is 1.29. The van der Waals surface area contributed by atoms with Gasteiger partial charge in [-0.25, -0.2) is 0 Å². The molecule has 0 bridgehead atoms. The molecule has 4 heteroatoms. The van der Waals surface area contributed by atoms with Crippen molar-refractivity contribution in [3.63, 3.8) is 0 Å². The van der Waals surface area contributed by atoms with Crippen molar-refractivity contribution in [1.29, 1.82) is 0 Å². The molecular formula is C13H26O3Si. The number of ether oxygens (including phenoxy) is 3. The van der Waals surface area contributed by atoms with Crippen LogP contribution in [0.3, 0.4) is 0 Å². The molecule has 2 unspecified atom stereocenters. The van der Waals surface area contributed by atoms with Crippen molar-refractivity contribution >= 4 is 9.52 Å². The maximum Gasteiger partial charge on any atom is 0.134 e. The van der Waals surface area contributed by atoms with Crippen molar-refractivity contribution in [3.05, 3.63) is 0 Å². The van der Waals surface area contributed by atoms with Crippen LogP contribution in [0, 0.1) is 0 Å². The molecule has 2 fully saturated rings. The average molecular weight is 258 g/mol. The Morgan fingerprint density at radius 1 is 1.29 bits per heavy atom. The number of hydrogen-bond acceptors (Lipinski definition) is 3. The second-order valence-corrected chi connectivity index (χ2v) is 7.10. The van der Waals surface area contributed by atoms with Gasteiger partial charge < -0.3 is 14.2 Å². The van der Waals surface area contributed by atoms with E-state index < -0.39 is 0 Å². The first-order valence-corrected chi connectivity index (χ1v) is 9.03. The van der Waals surface area contributed by atoms with E-state index in [1.807, 2.05) is 13.8 Å². The zero-order valence-electron chi connectivity index (χ0n) is 11.2. The van der Waals surface area contributed by atoms with Gasteiger partial charge in [-0.2, -0.15) is 0 Å². The zero-order valence-corrected chi connectivity index (χ0v) is 12.7. The second kappa shape index (κ2) is 6.32. The summed E-state index contributed by atoms with van der Waals surface area (Å²) in [5, 5.41) is 0. The van der Waals surface area contributed by atoms with Gasteiger partial charge in [-0.15, -0.1) is 0 Å². The van der Waals surface area contributed by atoms with Crippen LogP contribution in [-0.2, 0) is 14.2 Å². The summed E-state index contributed by atoms with van der Waals surface area (Å²) in [5.74, 6) is 0.127. The molecule has 1 aliphatic carbocycles. The third-order valence-electron chi connectivity index (χ3n) is 3.97. The number of hydrogen-bond donors (Lipinski definition) is 0. The molecule has 0 radical (unpaired) electrons. The van der Waals surface area contributed by atoms with Crippen molar-refractivity contribution in [2.45, 2.75) is 69.6 Å². The molecule has 1 saturated heterocycles. The topological polar surface area (TPSA) is 31.0 Å². The Bertz CT molecular complexity index is 231. The van der Waals surface area contributed by atoms with E-state index in [0.29, 0.717) is 11.7 Å². The fourth-order valence-electron chi connectivity index (χ4n) is 3.04. The lowest BCUT2D eigenvalue weighted by molar-refractivity contribution is -0.0828. The third-order valence-corrected chi connectivity index (χ3v) is 5.67. The minimum Gasteiger partial charge on any atom is -0.366 e. The van der Waals surface area contributed by atoms with Crippen LogP contribution in [0.25, 0.3) is 0 Å². The molecule has 0 amide bonds. The molecule has 100 valence electrons. The lowest BCUT2D eigenvalue weighted by Crippen LogP contribution is -2.27. The van der Waals surface area contributed by atoms with Crippen LogP contribution in [0.5, 0.6) is 0 Å². The van der Waals surface area contributed by atoms with Gasteiger partial charge in [0, 0.05) is 13.2 Å². The molecule has 0 aromatic rings. The van der Waals surface area contributed by atoms with Gasteiger partial charge in [0.05, 0.1) is 21.2 Å². The predicted octanol–water partition coefficient (Wildman–Crippen LogP) is 2.03. The minimum atomic E-state index is -0.276. The highest BCUT2D eigenvalue weighted by Gasteiger charge is 2.56. The maximum atomic E-state index is 5.91.